The highest BCUT2D eigenvalue weighted by molar-refractivity contribution is 5.91. The number of phenolic OH excluding ortho intramolecular Hbond substituents is 1. The van der Waals surface area contributed by atoms with Crippen molar-refractivity contribution in [1.82, 2.24) is 16.2 Å². The number of phenols is 1. The number of carbonyl (C=O) groups excluding carboxylic acids is 2. The van der Waals surface area contributed by atoms with Gasteiger partial charge in [0.15, 0.2) is 0 Å². The second kappa shape index (κ2) is 8.46. The molecule has 1 aliphatic heterocycles. The van der Waals surface area contributed by atoms with Gasteiger partial charge in [-0.1, -0.05) is 36.4 Å². The maximum Gasteiger partial charge on any atom is 0.238 e. The second-order valence-corrected chi connectivity index (χ2v) is 6.14. The number of para-hydroxylation sites is 2. The lowest BCUT2D eigenvalue weighted by Crippen LogP contribution is -2.43. The molecule has 0 bridgehead atoms. The Hall–Kier alpha value is -2.90. The SMILES string of the molecule is O=C(CCNC(=O)C1CC(c2ccccc2O)NN1)Nc1ccccc1. The first kappa shape index (κ1) is 17.9. The Morgan fingerprint density at radius 2 is 1.77 bits per heavy atom. The first-order chi connectivity index (χ1) is 12.6. The minimum Gasteiger partial charge on any atom is -0.508 e. The van der Waals surface area contributed by atoms with Crippen LogP contribution in [0.2, 0.25) is 0 Å². The van der Waals surface area contributed by atoms with Crippen LogP contribution < -0.4 is 21.5 Å². The predicted octanol–water partition coefficient (Wildman–Crippen LogP) is 1.44. The third kappa shape index (κ3) is 4.59. The molecule has 5 N–H and O–H groups in total. The van der Waals surface area contributed by atoms with Crippen molar-refractivity contribution in [1.29, 1.82) is 0 Å². The maximum absolute atomic E-state index is 12.2. The molecule has 26 heavy (non-hydrogen) atoms. The van der Waals surface area contributed by atoms with Gasteiger partial charge in [-0.05, 0) is 24.6 Å². The van der Waals surface area contributed by atoms with Crippen LogP contribution in [0.4, 0.5) is 5.69 Å². The molecular weight excluding hydrogens is 332 g/mol. The average Bonchev–Trinajstić information content (AvgIpc) is 3.13. The van der Waals surface area contributed by atoms with Gasteiger partial charge in [-0.3, -0.25) is 9.59 Å². The normalized spacial score (nSPS) is 19.1. The average molecular weight is 354 g/mol. The number of carbonyl (C=O) groups is 2. The van der Waals surface area contributed by atoms with E-state index in [1.165, 1.54) is 0 Å². The summed E-state index contributed by atoms with van der Waals surface area (Å²) in [6.07, 6.45) is 0.712. The number of hydrogen-bond donors (Lipinski definition) is 5. The monoisotopic (exact) mass is 354 g/mol. The predicted molar refractivity (Wildman–Crippen MR) is 98.2 cm³/mol. The summed E-state index contributed by atoms with van der Waals surface area (Å²) in [5.74, 6) is -0.130. The Morgan fingerprint density at radius 1 is 1.04 bits per heavy atom. The molecule has 7 heteroatoms. The van der Waals surface area contributed by atoms with E-state index in [4.69, 9.17) is 0 Å². The first-order valence-corrected chi connectivity index (χ1v) is 8.55. The van der Waals surface area contributed by atoms with Crippen LogP contribution in [-0.4, -0.2) is 29.5 Å². The summed E-state index contributed by atoms with van der Waals surface area (Å²) in [5, 5.41) is 15.4. The molecule has 0 aliphatic carbocycles. The fraction of sp³-hybridized carbons (Fsp3) is 0.263. The Labute approximate surface area is 151 Å². The molecule has 0 aromatic heterocycles. The quantitative estimate of drug-likeness (QED) is 0.540. The molecule has 2 atom stereocenters. The van der Waals surface area contributed by atoms with Crippen LogP contribution in [0.15, 0.2) is 54.6 Å². The van der Waals surface area contributed by atoms with Crippen molar-refractivity contribution in [3.63, 3.8) is 0 Å². The number of amides is 2. The zero-order valence-electron chi connectivity index (χ0n) is 14.2. The van der Waals surface area contributed by atoms with E-state index in [9.17, 15) is 14.7 Å². The number of benzene rings is 2. The van der Waals surface area contributed by atoms with Crippen molar-refractivity contribution in [2.24, 2.45) is 0 Å². The highest BCUT2D eigenvalue weighted by Crippen LogP contribution is 2.28. The second-order valence-electron chi connectivity index (χ2n) is 6.14. The molecular formula is C19H22N4O3. The van der Waals surface area contributed by atoms with E-state index in [0.717, 1.165) is 11.3 Å². The van der Waals surface area contributed by atoms with Gasteiger partial charge in [-0.25, -0.2) is 10.9 Å². The maximum atomic E-state index is 12.2. The van der Waals surface area contributed by atoms with E-state index in [2.05, 4.69) is 21.5 Å². The van der Waals surface area contributed by atoms with Crippen LogP contribution in [-0.2, 0) is 9.59 Å². The highest BCUT2D eigenvalue weighted by Gasteiger charge is 2.31. The molecule has 2 unspecified atom stereocenters. The third-order valence-electron chi connectivity index (χ3n) is 4.24. The van der Waals surface area contributed by atoms with E-state index < -0.39 is 6.04 Å². The van der Waals surface area contributed by atoms with Crippen LogP contribution in [0, 0.1) is 0 Å². The topological polar surface area (TPSA) is 102 Å². The summed E-state index contributed by atoms with van der Waals surface area (Å²) in [6.45, 7) is 0.261. The standard InChI is InChI=1S/C19H22N4O3/c24-17-9-5-4-8-14(17)15-12-16(23-22-15)19(26)20-11-10-18(25)21-13-6-2-1-3-7-13/h1-9,15-16,22-24H,10-12H2,(H,20,26)(H,21,25). The number of anilines is 1. The van der Waals surface area contributed by atoms with E-state index in [1.807, 2.05) is 42.5 Å². The van der Waals surface area contributed by atoms with E-state index in [1.54, 1.807) is 12.1 Å². The smallest absolute Gasteiger partial charge is 0.238 e. The van der Waals surface area contributed by atoms with Crippen LogP contribution >= 0.6 is 0 Å². The van der Waals surface area contributed by atoms with Gasteiger partial charge in [0.2, 0.25) is 11.8 Å². The van der Waals surface area contributed by atoms with Gasteiger partial charge in [-0.2, -0.15) is 0 Å². The number of nitrogens with one attached hydrogen (secondary N) is 4. The van der Waals surface area contributed by atoms with Gasteiger partial charge in [0, 0.05) is 24.2 Å². The van der Waals surface area contributed by atoms with Crippen molar-refractivity contribution >= 4 is 17.5 Å². The van der Waals surface area contributed by atoms with E-state index in [0.29, 0.717) is 6.42 Å². The molecule has 7 nitrogen and oxygen atoms in total. The summed E-state index contributed by atoms with van der Waals surface area (Å²) >= 11 is 0. The molecule has 0 saturated carbocycles. The number of aromatic hydroxyl groups is 1. The Balaban J connectivity index is 1.42. The number of hydrazine groups is 1. The van der Waals surface area contributed by atoms with Crippen molar-refractivity contribution in [2.75, 3.05) is 11.9 Å². The number of hydrogen-bond acceptors (Lipinski definition) is 5. The van der Waals surface area contributed by atoms with Crippen LogP contribution in [0.5, 0.6) is 5.75 Å². The zero-order chi connectivity index (χ0) is 18.4. The fourth-order valence-corrected chi connectivity index (χ4v) is 2.88. The zero-order valence-corrected chi connectivity index (χ0v) is 14.2. The largest absolute Gasteiger partial charge is 0.508 e. The minimum atomic E-state index is -0.420. The van der Waals surface area contributed by atoms with Gasteiger partial charge >= 0.3 is 0 Å². The molecule has 0 spiro atoms. The molecule has 1 heterocycles. The molecule has 136 valence electrons. The molecule has 0 radical (unpaired) electrons. The Bertz CT molecular complexity index is 766. The Morgan fingerprint density at radius 3 is 2.54 bits per heavy atom. The van der Waals surface area contributed by atoms with Crippen molar-refractivity contribution in [3.8, 4) is 5.75 Å². The lowest BCUT2D eigenvalue weighted by atomic mass is 10.0. The van der Waals surface area contributed by atoms with Crippen LogP contribution in [0.1, 0.15) is 24.4 Å². The molecule has 1 aliphatic rings. The highest BCUT2D eigenvalue weighted by atomic mass is 16.3. The molecule has 2 aromatic carbocycles. The van der Waals surface area contributed by atoms with Gasteiger partial charge in [0.25, 0.3) is 0 Å². The molecule has 2 amide bonds. The molecule has 2 aromatic rings. The Kier molecular flexibility index (Phi) is 5.83. The lowest BCUT2D eigenvalue weighted by molar-refractivity contribution is -0.123. The van der Waals surface area contributed by atoms with E-state index in [-0.39, 0.29) is 36.6 Å². The summed E-state index contributed by atoms with van der Waals surface area (Å²) in [4.78, 5) is 24.1. The molecule has 1 fully saturated rings. The summed E-state index contributed by atoms with van der Waals surface area (Å²) in [6, 6.07) is 15.7. The summed E-state index contributed by atoms with van der Waals surface area (Å²) in [5.41, 5.74) is 7.44. The summed E-state index contributed by atoms with van der Waals surface area (Å²) in [7, 11) is 0. The fourth-order valence-electron chi connectivity index (χ4n) is 2.88. The first-order valence-electron chi connectivity index (χ1n) is 8.55. The lowest BCUT2D eigenvalue weighted by Gasteiger charge is -2.11. The van der Waals surface area contributed by atoms with Crippen LogP contribution in [0.3, 0.4) is 0 Å². The van der Waals surface area contributed by atoms with Gasteiger partial charge < -0.3 is 15.7 Å². The minimum absolute atomic E-state index is 0.145. The van der Waals surface area contributed by atoms with Gasteiger partial charge in [0.1, 0.15) is 11.8 Å². The van der Waals surface area contributed by atoms with Crippen LogP contribution in [0.25, 0.3) is 0 Å². The van der Waals surface area contributed by atoms with Gasteiger partial charge in [0.05, 0.1) is 6.04 Å². The summed E-state index contributed by atoms with van der Waals surface area (Å²) < 4.78 is 0. The molecule has 1 saturated heterocycles. The van der Waals surface area contributed by atoms with Gasteiger partial charge in [-0.15, -0.1) is 0 Å². The van der Waals surface area contributed by atoms with Crippen molar-refractivity contribution in [2.45, 2.75) is 24.9 Å². The third-order valence-corrected chi connectivity index (χ3v) is 4.24. The van der Waals surface area contributed by atoms with Crippen molar-refractivity contribution < 1.29 is 14.7 Å². The molecule has 3 rings (SSSR count). The van der Waals surface area contributed by atoms with Crippen molar-refractivity contribution in [3.05, 3.63) is 60.2 Å². The number of rotatable bonds is 6. The van der Waals surface area contributed by atoms with E-state index >= 15 is 0 Å².